The van der Waals surface area contributed by atoms with Crippen molar-refractivity contribution in [3.8, 4) is 0 Å². The molecular formula is C12H24N2O2. The fourth-order valence-electron chi connectivity index (χ4n) is 2.10. The van der Waals surface area contributed by atoms with Crippen molar-refractivity contribution >= 4 is 5.91 Å². The summed E-state index contributed by atoms with van der Waals surface area (Å²) in [4.78, 5) is 11.9. The van der Waals surface area contributed by atoms with Crippen LogP contribution in [0.25, 0.3) is 0 Å². The first-order valence-corrected chi connectivity index (χ1v) is 6.27. The first-order chi connectivity index (χ1) is 7.65. The molecule has 2 N–H and O–H groups in total. The van der Waals surface area contributed by atoms with Crippen LogP contribution in [-0.4, -0.2) is 37.7 Å². The summed E-state index contributed by atoms with van der Waals surface area (Å²) in [6.07, 6.45) is 2.39. The molecule has 0 saturated carbocycles. The Morgan fingerprint density at radius 2 is 2.38 bits per heavy atom. The molecule has 0 bridgehead atoms. The van der Waals surface area contributed by atoms with Gasteiger partial charge >= 0.3 is 0 Å². The van der Waals surface area contributed by atoms with Crippen molar-refractivity contribution in [2.24, 2.45) is 5.92 Å². The molecule has 1 aliphatic rings. The van der Waals surface area contributed by atoms with Crippen LogP contribution in [0.5, 0.6) is 0 Å². The maximum atomic E-state index is 11.9. The van der Waals surface area contributed by atoms with Crippen molar-refractivity contribution in [2.75, 3.05) is 19.7 Å². The number of amides is 1. The predicted molar refractivity (Wildman–Crippen MR) is 64.3 cm³/mol. The molecule has 0 radical (unpaired) electrons. The lowest BCUT2D eigenvalue weighted by molar-refractivity contribution is -0.125. The summed E-state index contributed by atoms with van der Waals surface area (Å²) in [7, 11) is 0. The highest BCUT2D eigenvalue weighted by Crippen LogP contribution is 2.15. The first kappa shape index (κ1) is 13.5. The molecule has 1 rings (SSSR count). The van der Waals surface area contributed by atoms with Crippen LogP contribution in [0.15, 0.2) is 0 Å². The van der Waals surface area contributed by atoms with Gasteiger partial charge in [0.05, 0.1) is 12.1 Å². The van der Waals surface area contributed by atoms with Gasteiger partial charge in [0.1, 0.15) is 0 Å². The summed E-state index contributed by atoms with van der Waals surface area (Å²) < 4.78 is 5.37. The van der Waals surface area contributed by atoms with Crippen LogP contribution in [0.4, 0.5) is 0 Å². The van der Waals surface area contributed by atoms with Gasteiger partial charge in [-0.1, -0.05) is 6.92 Å². The first-order valence-electron chi connectivity index (χ1n) is 6.27. The number of ether oxygens (including phenoxy) is 1. The largest absolute Gasteiger partial charge is 0.377 e. The number of carbonyl (C=O) groups is 1. The quantitative estimate of drug-likeness (QED) is 0.735. The van der Waals surface area contributed by atoms with E-state index >= 15 is 0 Å². The lowest BCUT2D eigenvalue weighted by Crippen LogP contribution is -2.51. The van der Waals surface area contributed by atoms with E-state index in [0.29, 0.717) is 19.1 Å². The van der Waals surface area contributed by atoms with Crippen molar-refractivity contribution in [1.82, 2.24) is 10.6 Å². The van der Waals surface area contributed by atoms with Crippen molar-refractivity contribution in [2.45, 2.75) is 45.8 Å². The van der Waals surface area contributed by atoms with Gasteiger partial charge in [-0.2, -0.15) is 0 Å². The lowest BCUT2D eigenvalue weighted by atomic mass is 9.92. The highest BCUT2D eigenvalue weighted by Gasteiger charge is 2.27. The molecule has 3 unspecified atom stereocenters. The van der Waals surface area contributed by atoms with Gasteiger partial charge in [0.15, 0.2) is 0 Å². The van der Waals surface area contributed by atoms with E-state index in [9.17, 15) is 4.79 Å². The SMILES string of the molecule is CCOC(C)CNC(=O)C1NCCCC1C. The number of piperidine rings is 1. The minimum absolute atomic E-state index is 0.0254. The van der Waals surface area contributed by atoms with Crippen molar-refractivity contribution in [3.63, 3.8) is 0 Å². The Hall–Kier alpha value is -0.610. The van der Waals surface area contributed by atoms with E-state index in [1.54, 1.807) is 0 Å². The summed E-state index contributed by atoms with van der Waals surface area (Å²) >= 11 is 0. The Morgan fingerprint density at radius 3 is 3.00 bits per heavy atom. The second kappa shape index (κ2) is 6.86. The number of hydrogen-bond donors (Lipinski definition) is 2. The highest BCUT2D eigenvalue weighted by molar-refractivity contribution is 5.82. The van der Waals surface area contributed by atoms with Crippen molar-refractivity contribution in [3.05, 3.63) is 0 Å². The summed E-state index contributed by atoms with van der Waals surface area (Å²) in [6, 6.07) is -0.0254. The van der Waals surface area contributed by atoms with Gasteiger partial charge in [0, 0.05) is 13.2 Å². The second-order valence-electron chi connectivity index (χ2n) is 4.56. The Morgan fingerprint density at radius 1 is 1.62 bits per heavy atom. The van der Waals surface area contributed by atoms with E-state index < -0.39 is 0 Å². The summed E-state index contributed by atoms with van der Waals surface area (Å²) in [6.45, 7) is 8.29. The van der Waals surface area contributed by atoms with Crippen molar-refractivity contribution in [1.29, 1.82) is 0 Å². The fourth-order valence-corrected chi connectivity index (χ4v) is 2.10. The Balaban J connectivity index is 2.28. The van der Waals surface area contributed by atoms with Crippen molar-refractivity contribution < 1.29 is 9.53 Å². The molecule has 0 aromatic heterocycles. The Kier molecular flexibility index (Phi) is 5.77. The molecular weight excluding hydrogens is 204 g/mol. The zero-order valence-electron chi connectivity index (χ0n) is 10.6. The minimum Gasteiger partial charge on any atom is -0.377 e. The molecule has 1 amide bonds. The zero-order chi connectivity index (χ0) is 12.0. The van der Waals surface area contributed by atoms with Crippen LogP contribution in [0.1, 0.15) is 33.6 Å². The lowest BCUT2D eigenvalue weighted by Gasteiger charge is -2.29. The summed E-state index contributed by atoms with van der Waals surface area (Å²) in [5, 5.41) is 6.21. The molecule has 94 valence electrons. The van der Waals surface area contributed by atoms with Gasteiger partial charge < -0.3 is 15.4 Å². The molecule has 0 aromatic carbocycles. The van der Waals surface area contributed by atoms with Gasteiger partial charge in [-0.25, -0.2) is 0 Å². The average Bonchev–Trinajstić information content (AvgIpc) is 2.27. The summed E-state index contributed by atoms with van der Waals surface area (Å²) in [5.74, 6) is 0.537. The van der Waals surface area contributed by atoms with E-state index in [1.807, 2.05) is 13.8 Å². The molecule has 1 aliphatic heterocycles. The predicted octanol–water partition coefficient (Wildman–Crippen LogP) is 0.916. The van der Waals surface area contributed by atoms with Crippen LogP contribution in [-0.2, 0) is 9.53 Å². The molecule has 3 atom stereocenters. The molecule has 0 spiro atoms. The van der Waals surface area contributed by atoms with Crippen LogP contribution in [0.3, 0.4) is 0 Å². The second-order valence-corrected chi connectivity index (χ2v) is 4.56. The van der Waals surface area contributed by atoms with Crippen LogP contribution in [0.2, 0.25) is 0 Å². The molecule has 1 saturated heterocycles. The number of hydrogen-bond acceptors (Lipinski definition) is 3. The van der Waals surface area contributed by atoms with E-state index in [2.05, 4.69) is 17.6 Å². The van der Waals surface area contributed by atoms with Gasteiger partial charge in [0.25, 0.3) is 0 Å². The van der Waals surface area contributed by atoms with Gasteiger partial charge in [-0.05, 0) is 39.2 Å². The molecule has 0 aliphatic carbocycles. The zero-order valence-corrected chi connectivity index (χ0v) is 10.6. The average molecular weight is 228 g/mol. The maximum absolute atomic E-state index is 11.9. The van der Waals surface area contributed by atoms with E-state index in [-0.39, 0.29) is 18.1 Å². The van der Waals surface area contributed by atoms with Gasteiger partial charge in [-0.3, -0.25) is 4.79 Å². The molecule has 4 nitrogen and oxygen atoms in total. The number of carbonyl (C=O) groups excluding carboxylic acids is 1. The smallest absolute Gasteiger partial charge is 0.237 e. The third-order valence-electron chi connectivity index (χ3n) is 3.07. The fraction of sp³-hybridized carbons (Fsp3) is 0.917. The Bertz CT molecular complexity index is 221. The van der Waals surface area contributed by atoms with Gasteiger partial charge in [0.2, 0.25) is 5.91 Å². The minimum atomic E-state index is -0.0254. The number of rotatable bonds is 5. The maximum Gasteiger partial charge on any atom is 0.237 e. The molecule has 1 heterocycles. The van der Waals surface area contributed by atoms with E-state index in [1.165, 1.54) is 6.42 Å². The van der Waals surface area contributed by atoms with Crippen LogP contribution < -0.4 is 10.6 Å². The summed E-state index contributed by atoms with van der Waals surface area (Å²) in [5.41, 5.74) is 0. The monoisotopic (exact) mass is 228 g/mol. The van der Waals surface area contributed by atoms with E-state index in [4.69, 9.17) is 4.74 Å². The molecule has 16 heavy (non-hydrogen) atoms. The molecule has 1 fully saturated rings. The van der Waals surface area contributed by atoms with Crippen LogP contribution >= 0.6 is 0 Å². The van der Waals surface area contributed by atoms with Gasteiger partial charge in [-0.15, -0.1) is 0 Å². The standard InChI is InChI=1S/C12H24N2O2/c1-4-16-10(3)8-14-12(15)11-9(2)6-5-7-13-11/h9-11,13H,4-8H2,1-3H3,(H,14,15). The third kappa shape index (κ3) is 4.10. The topological polar surface area (TPSA) is 50.4 Å². The highest BCUT2D eigenvalue weighted by atomic mass is 16.5. The molecule has 4 heteroatoms. The molecule has 0 aromatic rings. The number of nitrogens with one attached hydrogen (secondary N) is 2. The Labute approximate surface area is 98.1 Å². The third-order valence-corrected chi connectivity index (χ3v) is 3.07. The normalized spacial score (nSPS) is 27.4. The van der Waals surface area contributed by atoms with E-state index in [0.717, 1.165) is 13.0 Å². The van der Waals surface area contributed by atoms with Crippen LogP contribution in [0, 0.1) is 5.92 Å².